The summed E-state index contributed by atoms with van der Waals surface area (Å²) in [7, 11) is 0. The van der Waals surface area contributed by atoms with Crippen molar-refractivity contribution in [1.29, 1.82) is 0 Å². The van der Waals surface area contributed by atoms with Gasteiger partial charge in [-0.1, -0.05) is 67.1 Å². The Labute approximate surface area is 149 Å². The Bertz CT molecular complexity index is 785. The minimum atomic E-state index is -0.545. The van der Waals surface area contributed by atoms with Gasteiger partial charge in [-0.25, -0.2) is 0 Å². The first-order valence-corrected chi connectivity index (χ1v) is 8.99. The van der Waals surface area contributed by atoms with Crippen LogP contribution in [0.3, 0.4) is 0 Å². The molecular weight excluding hydrogens is 308 g/mol. The van der Waals surface area contributed by atoms with Crippen molar-refractivity contribution in [1.82, 2.24) is 0 Å². The molecule has 0 N–H and O–H groups in total. The van der Waals surface area contributed by atoms with Crippen LogP contribution in [0.2, 0.25) is 0 Å². The fourth-order valence-corrected chi connectivity index (χ4v) is 3.64. The molecule has 0 bridgehead atoms. The van der Waals surface area contributed by atoms with Crippen molar-refractivity contribution >= 4 is 17.1 Å². The van der Waals surface area contributed by atoms with Gasteiger partial charge in [0.25, 0.3) is 0 Å². The molecule has 0 heterocycles. The average molecular weight is 332 g/mol. The molecule has 0 fully saturated rings. The number of hydrogen-bond acceptors (Lipinski definition) is 2. The first-order chi connectivity index (χ1) is 12.1. The molecule has 0 aromatic heterocycles. The summed E-state index contributed by atoms with van der Waals surface area (Å²) in [6.07, 6.45) is 3.66. The Morgan fingerprint density at radius 1 is 1.04 bits per heavy atom. The van der Waals surface area contributed by atoms with Crippen LogP contribution in [-0.2, 0) is 9.59 Å². The predicted octanol–water partition coefficient (Wildman–Crippen LogP) is 5.12. The summed E-state index contributed by atoms with van der Waals surface area (Å²) in [6, 6.07) is 18.2. The topological polar surface area (TPSA) is 34.1 Å². The van der Waals surface area contributed by atoms with Crippen molar-refractivity contribution < 1.29 is 9.59 Å². The maximum atomic E-state index is 12.8. The predicted molar refractivity (Wildman–Crippen MR) is 101 cm³/mol. The molecule has 2 aromatic carbocycles. The van der Waals surface area contributed by atoms with E-state index in [1.165, 1.54) is 5.56 Å². The summed E-state index contributed by atoms with van der Waals surface area (Å²) in [5.41, 5.74) is 4.37. The largest absolute Gasteiger partial charge is 0.299 e. The lowest BCUT2D eigenvalue weighted by molar-refractivity contribution is -0.131. The zero-order valence-corrected chi connectivity index (χ0v) is 14.9. The van der Waals surface area contributed by atoms with Crippen LogP contribution in [0.25, 0.3) is 5.57 Å². The molecule has 2 heteroatoms. The van der Waals surface area contributed by atoms with E-state index >= 15 is 0 Å². The first kappa shape index (κ1) is 17.3. The van der Waals surface area contributed by atoms with Crippen LogP contribution < -0.4 is 0 Å². The molecule has 0 amide bonds. The van der Waals surface area contributed by atoms with Crippen LogP contribution in [0.1, 0.15) is 48.8 Å². The molecule has 2 atom stereocenters. The van der Waals surface area contributed by atoms with E-state index in [-0.39, 0.29) is 17.5 Å². The summed E-state index contributed by atoms with van der Waals surface area (Å²) < 4.78 is 0. The highest BCUT2D eigenvalue weighted by Crippen LogP contribution is 2.40. The molecule has 0 aliphatic heterocycles. The lowest BCUT2D eigenvalue weighted by atomic mass is 9.71. The summed E-state index contributed by atoms with van der Waals surface area (Å²) in [4.78, 5) is 25.5. The van der Waals surface area contributed by atoms with Gasteiger partial charge in [-0.15, -0.1) is 0 Å². The number of rotatable bonds is 5. The van der Waals surface area contributed by atoms with Crippen LogP contribution >= 0.6 is 0 Å². The molecule has 0 radical (unpaired) electrons. The number of hydrogen-bond donors (Lipinski definition) is 0. The number of carbonyl (C=O) groups is 2. The van der Waals surface area contributed by atoms with Crippen LogP contribution in [0, 0.1) is 12.8 Å². The lowest BCUT2D eigenvalue weighted by Gasteiger charge is -2.30. The van der Waals surface area contributed by atoms with E-state index < -0.39 is 5.92 Å². The van der Waals surface area contributed by atoms with Gasteiger partial charge in [0.15, 0.2) is 5.78 Å². The Morgan fingerprint density at radius 3 is 2.36 bits per heavy atom. The van der Waals surface area contributed by atoms with E-state index in [1.54, 1.807) is 6.08 Å². The van der Waals surface area contributed by atoms with Crippen molar-refractivity contribution in [2.24, 2.45) is 5.92 Å². The lowest BCUT2D eigenvalue weighted by Crippen LogP contribution is -2.32. The Morgan fingerprint density at radius 2 is 1.72 bits per heavy atom. The molecule has 128 valence electrons. The molecule has 2 unspecified atom stereocenters. The highest BCUT2D eigenvalue weighted by atomic mass is 16.1. The van der Waals surface area contributed by atoms with Crippen LogP contribution in [-0.4, -0.2) is 11.6 Å². The quantitative estimate of drug-likeness (QED) is 0.712. The standard InChI is InChI=1S/C23H24O2/c1-3-7-21(24)23-20(18-8-5-4-6-9-18)14-19(15-22(23)25)17-12-10-16(2)11-13-17/h4-6,8-13,15,20,23H,3,7,14H2,1-2H3. The summed E-state index contributed by atoms with van der Waals surface area (Å²) in [5, 5.41) is 0. The molecule has 2 nitrogen and oxygen atoms in total. The van der Waals surface area contributed by atoms with Crippen molar-refractivity contribution in [3.63, 3.8) is 0 Å². The number of allylic oxidation sites excluding steroid dienone is 2. The summed E-state index contributed by atoms with van der Waals surface area (Å²) in [5.74, 6) is -0.597. The maximum Gasteiger partial charge on any atom is 0.167 e. The van der Waals surface area contributed by atoms with Crippen molar-refractivity contribution in [3.05, 3.63) is 77.4 Å². The van der Waals surface area contributed by atoms with Gasteiger partial charge in [0.05, 0.1) is 5.92 Å². The third-order valence-electron chi connectivity index (χ3n) is 4.96. The fraction of sp³-hybridized carbons (Fsp3) is 0.304. The maximum absolute atomic E-state index is 12.8. The molecule has 1 aliphatic carbocycles. The van der Waals surface area contributed by atoms with E-state index in [9.17, 15) is 9.59 Å². The normalized spacial score (nSPS) is 20.2. The molecule has 1 aliphatic rings. The minimum Gasteiger partial charge on any atom is -0.299 e. The Hall–Kier alpha value is -2.48. The number of benzene rings is 2. The Kier molecular flexibility index (Phi) is 5.28. The van der Waals surface area contributed by atoms with Crippen molar-refractivity contribution in [3.8, 4) is 0 Å². The van der Waals surface area contributed by atoms with Gasteiger partial charge in [-0.2, -0.15) is 0 Å². The van der Waals surface area contributed by atoms with Gasteiger partial charge in [0, 0.05) is 12.3 Å². The molecule has 25 heavy (non-hydrogen) atoms. The second kappa shape index (κ2) is 7.60. The number of aryl methyl sites for hydroxylation is 1. The smallest absolute Gasteiger partial charge is 0.167 e. The highest BCUT2D eigenvalue weighted by Gasteiger charge is 2.37. The zero-order valence-electron chi connectivity index (χ0n) is 14.9. The molecular formula is C23H24O2. The van der Waals surface area contributed by atoms with Gasteiger partial charge >= 0.3 is 0 Å². The van der Waals surface area contributed by atoms with Crippen LogP contribution in [0.5, 0.6) is 0 Å². The fourth-order valence-electron chi connectivity index (χ4n) is 3.64. The number of Topliss-reactive ketones (excluding diaryl/α,β-unsaturated/α-hetero) is 1. The first-order valence-electron chi connectivity index (χ1n) is 8.99. The molecule has 0 spiro atoms. The van der Waals surface area contributed by atoms with Crippen molar-refractivity contribution in [2.45, 2.75) is 39.0 Å². The van der Waals surface area contributed by atoms with Gasteiger partial charge in [-0.3, -0.25) is 9.59 Å². The van der Waals surface area contributed by atoms with E-state index in [2.05, 4.69) is 31.2 Å². The zero-order chi connectivity index (χ0) is 17.8. The molecule has 0 saturated carbocycles. The van der Waals surface area contributed by atoms with E-state index in [0.717, 1.165) is 29.5 Å². The average Bonchev–Trinajstić information content (AvgIpc) is 2.62. The third kappa shape index (κ3) is 3.79. The van der Waals surface area contributed by atoms with Crippen LogP contribution in [0.4, 0.5) is 0 Å². The van der Waals surface area contributed by atoms with E-state index in [0.29, 0.717) is 6.42 Å². The number of ketones is 2. The van der Waals surface area contributed by atoms with Crippen LogP contribution in [0.15, 0.2) is 60.7 Å². The summed E-state index contributed by atoms with van der Waals surface area (Å²) >= 11 is 0. The molecule has 3 rings (SSSR count). The monoisotopic (exact) mass is 332 g/mol. The second-order valence-corrected chi connectivity index (χ2v) is 6.85. The van der Waals surface area contributed by atoms with Gasteiger partial charge in [0.1, 0.15) is 5.78 Å². The molecule has 0 saturated heterocycles. The molecule has 2 aromatic rings. The van der Waals surface area contributed by atoms with Gasteiger partial charge in [0.2, 0.25) is 0 Å². The SMILES string of the molecule is CCCC(=O)C1C(=O)C=C(c2ccc(C)cc2)CC1c1ccccc1. The van der Waals surface area contributed by atoms with E-state index in [4.69, 9.17) is 0 Å². The summed E-state index contributed by atoms with van der Waals surface area (Å²) in [6.45, 7) is 4.03. The van der Waals surface area contributed by atoms with Crippen molar-refractivity contribution in [2.75, 3.05) is 0 Å². The van der Waals surface area contributed by atoms with Gasteiger partial charge in [-0.05, 0) is 42.5 Å². The van der Waals surface area contributed by atoms with Gasteiger partial charge < -0.3 is 0 Å². The second-order valence-electron chi connectivity index (χ2n) is 6.85. The number of carbonyl (C=O) groups excluding carboxylic acids is 2. The third-order valence-corrected chi connectivity index (χ3v) is 4.96. The van der Waals surface area contributed by atoms with E-state index in [1.807, 2.05) is 37.3 Å². The Balaban J connectivity index is 2.00. The highest BCUT2D eigenvalue weighted by molar-refractivity contribution is 6.12. The minimum absolute atomic E-state index is 0.0471.